The molecule has 7 rings (SSSR count). The molecule has 8 heteroatoms. The highest BCUT2D eigenvalue weighted by Gasteiger charge is 2.23. The maximum Gasteiger partial charge on any atom is 0.364 e. The molecule has 0 atom stereocenters. The first-order chi connectivity index (χ1) is 16.6. The van der Waals surface area contributed by atoms with Crippen LogP contribution in [0.15, 0.2) is 72.8 Å². The van der Waals surface area contributed by atoms with Crippen LogP contribution in [0.4, 0.5) is 0 Å². The largest absolute Gasteiger partial charge is 0.364 e. The van der Waals surface area contributed by atoms with Gasteiger partial charge in [0.1, 0.15) is 22.6 Å². The van der Waals surface area contributed by atoms with E-state index >= 15 is 0 Å². The van der Waals surface area contributed by atoms with E-state index < -0.39 is 0 Å². The molecule has 3 aromatic carbocycles. The monoisotopic (exact) mass is 460 g/mol. The molecule has 0 aliphatic carbocycles. The predicted octanol–water partition coefficient (Wildman–Crippen LogP) is 6.00. The zero-order chi connectivity index (χ0) is 23.0. The van der Waals surface area contributed by atoms with Crippen molar-refractivity contribution in [2.45, 2.75) is 6.82 Å². The smallest absolute Gasteiger partial charge is 0.339 e. The number of hydrogen-bond acceptors (Lipinski definition) is 4. The third kappa shape index (κ3) is 2.58. The van der Waals surface area contributed by atoms with E-state index in [1.165, 1.54) is 0 Å². The fourth-order valence-corrected chi connectivity index (χ4v) is 5.15. The second-order valence-electron chi connectivity index (χ2n) is 8.53. The summed E-state index contributed by atoms with van der Waals surface area (Å²) in [5, 5.41) is 4.02. The first-order valence-corrected chi connectivity index (χ1v) is 11.6. The zero-order valence-electron chi connectivity index (χ0n) is 18.6. The average Bonchev–Trinajstić information content (AvgIpc) is 3.45. The van der Waals surface area contributed by atoms with Gasteiger partial charge in [0.2, 0.25) is 0 Å². The third-order valence-electron chi connectivity index (χ3n) is 6.52. The Morgan fingerprint density at radius 2 is 1.00 bits per heavy atom. The minimum Gasteiger partial charge on any atom is -0.339 e. The lowest BCUT2D eigenvalue weighted by atomic mass is 9.97. The topological polar surface area (TPSA) is 61.4 Å². The van der Waals surface area contributed by atoms with Gasteiger partial charge in [0.15, 0.2) is 11.6 Å². The van der Waals surface area contributed by atoms with Crippen LogP contribution in [0.1, 0.15) is 0 Å². The Balaban J connectivity index is 1.86. The Morgan fingerprint density at radius 3 is 1.53 bits per heavy atom. The van der Waals surface area contributed by atoms with Gasteiger partial charge in [-0.15, -0.1) is 0 Å². The normalized spacial score (nSPS) is 12.0. The molecule has 0 fully saturated rings. The minimum atomic E-state index is -0.371. The molecule has 1 aliphatic heterocycles. The molecule has 6 nitrogen and oxygen atoms in total. The summed E-state index contributed by atoms with van der Waals surface area (Å²) < 4.78 is 4.03. The van der Waals surface area contributed by atoms with Crippen molar-refractivity contribution in [1.29, 1.82) is 0 Å². The maximum absolute atomic E-state index is 6.78. The van der Waals surface area contributed by atoms with Gasteiger partial charge in [0.05, 0.1) is 0 Å². The van der Waals surface area contributed by atoms with E-state index in [1.807, 2.05) is 71.4 Å². The summed E-state index contributed by atoms with van der Waals surface area (Å²) in [5.41, 5.74) is 5.06. The van der Waals surface area contributed by atoms with E-state index in [2.05, 4.69) is 24.3 Å². The molecule has 0 N–H and O–H groups in total. The second kappa shape index (κ2) is 7.02. The van der Waals surface area contributed by atoms with Crippen LogP contribution in [0.5, 0.6) is 0 Å². The minimum absolute atomic E-state index is 0.371. The van der Waals surface area contributed by atoms with E-state index in [-0.39, 0.29) is 6.26 Å². The van der Waals surface area contributed by atoms with Gasteiger partial charge in [0, 0.05) is 39.7 Å². The molecule has 0 amide bonds. The highest BCUT2D eigenvalue weighted by atomic mass is 35.5. The van der Waals surface area contributed by atoms with Gasteiger partial charge in [0.25, 0.3) is 0 Å². The summed E-state index contributed by atoms with van der Waals surface area (Å²) in [5.74, 6) is 1.27. The Morgan fingerprint density at radius 1 is 0.588 bits per heavy atom. The van der Waals surface area contributed by atoms with Crippen molar-refractivity contribution in [3.8, 4) is 22.8 Å². The summed E-state index contributed by atoms with van der Waals surface area (Å²) >= 11 is 6.78. The average molecular weight is 461 g/mol. The number of halogens is 1. The molecule has 6 bridgehead atoms. The molecule has 0 unspecified atom stereocenters. The van der Waals surface area contributed by atoms with Crippen molar-refractivity contribution in [2.75, 3.05) is 0 Å². The molecular weight excluding hydrogens is 443 g/mol. The van der Waals surface area contributed by atoms with Crippen molar-refractivity contribution >= 4 is 61.9 Å². The van der Waals surface area contributed by atoms with Crippen LogP contribution in [-0.4, -0.2) is 35.2 Å². The first kappa shape index (κ1) is 19.5. The summed E-state index contributed by atoms with van der Waals surface area (Å²) in [7, 11) is 2.00. The molecule has 34 heavy (non-hydrogen) atoms. The molecule has 0 saturated heterocycles. The highest BCUT2D eigenvalue weighted by molar-refractivity contribution is 7.05. The number of fused-ring (bicyclic) bond motifs is 15. The lowest BCUT2D eigenvalue weighted by Crippen LogP contribution is -2.13. The van der Waals surface area contributed by atoms with Gasteiger partial charge in [-0.1, -0.05) is 72.8 Å². The SMILES string of the molecule is CB(Cl)n1c2nc3nc(nc4c5ccccc5c(nc1c1ccccc12)n4C)-c1ccccc1-3. The first-order valence-electron chi connectivity index (χ1n) is 11.2. The lowest BCUT2D eigenvalue weighted by molar-refractivity contribution is 0.969. The van der Waals surface area contributed by atoms with Crippen LogP contribution in [0.25, 0.3) is 66.9 Å². The van der Waals surface area contributed by atoms with Crippen LogP contribution >= 0.6 is 11.5 Å². The van der Waals surface area contributed by atoms with Gasteiger partial charge in [-0.2, -0.15) is 11.5 Å². The number of aryl methyl sites for hydroxylation is 1. The van der Waals surface area contributed by atoms with E-state index in [9.17, 15) is 0 Å². The van der Waals surface area contributed by atoms with Crippen molar-refractivity contribution < 1.29 is 0 Å². The molecule has 162 valence electrons. The molecule has 4 heterocycles. The van der Waals surface area contributed by atoms with Crippen LogP contribution in [-0.2, 0) is 7.05 Å². The van der Waals surface area contributed by atoms with Crippen molar-refractivity contribution in [2.24, 2.45) is 7.05 Å². The number of aromatic nitrogens is 6. The Kier molecular flexibility index (Phi) is 4.02. The van der Waals surface area contributed by atoms with E-state index in [1.54, 1.807) is 0 Å². The Bertz CT molecular complexity index is 1870. The molecule has 6 aromatic rings. The second-order valence-corrected chi connectivity index (χ2v) is 9.16. The maximum atomic E-state index is 6.78. The van der Waals surface area contributed by atoms with Crippen LogP contribution in [0.2, 0.25) is 6.82 Å². The lowest BCUT2D eigenvalue weighted by Gasteiger charge is -2.05. The van der Waals surface area contributed by atoms with Crippen molar-refractivity contribution in [1.82, 2.24) is 29.0 Å². The number of hydrogen-bond donors (Lipinski definition) is 0. The number of benzene rings is 3. The quantitative estimate of drug-likeness (QED) is 0.282. The van der Waals surface area contributed by atoms with E-state index in [0.717, 1.165) is 55.3 Å². The zero-order valence-corrected chi connectivity index (χ0v) is 19.3. The molecule has 0 spiro atoms. The van der Waals surface area contributed by atoms with E-state index in [4.69, 9.17) is 31.4 Å². The molecule has 3 aromatic heterocycles. The number of rotatable bonds is 1. The van der Waals surface area contributed by atoms with Gasteiger partial charge in [-0.25, -0.2) is 19.9 Å². The van der Waals surface area contributed by atoms with Crippen molar-refractivity contribution in [3.05, 3.63) is 72.8 Å². The third-order valence-corrected chi connectivity index (χ3v) is 6.72. The summed E-state index contributed by atoms with van der Waals surface area (Å²) in [6, 6.07) is 24.5. The molecular formula is C26H18BClN6. The highest BCUT2D eigenvalue weighted by Crippen LogP contribution is 2.36. The molecule has 0 saturated carbocycles. The fourth-order valence-electron chi connectivity index (χ4n) is 4.97. The Hall–Kier alpha value is -3.97. The summed E-state index contributed by atoms with van der Waals surface area (Å²) in [6.45, 7) is 1.94. The van der Waals surface area contributed by atoms with Gasteiger partial charge < -0.3 is 9.05 Å². The Labute approximate surface area is 200 Å². The molecule has 1 aliphatic rings. The number of nitrogens with zero attached hydrogens (tertiary/aromatic N) is 6. The fraction of sp³-hybridized carbons (Fsp3) is 0.0769. The van der Waals surface area contributed by atoms with Gasteiger partial charge >= 0.3 is 6.26 Å². The van der Waals surface area contributed by atoms with E-state index in [0.29, 0.717) is 11.6 Å². The van der Waals surface area contributed by atoms with Gasteiger partial charge in [-0.3, -0.25) is 0 Å². The van der Waals surface area contributed by atoms with Crippen LogP contribution < -0.4 is 0 Å². The summed E-state index contributed by atoms with van der Waals surface area (Å²) in [4.78, 5) is 20.2. The van der Waals surface area contributed by atoms with Crippen LogP contribution in [0.3, 0.4) is 0 Å². The standard InChI is InChI=1S/C26H18BClN6/c1-27(28)34-25-19-13-7-8-14-20(19)26(34)32-24-18-12-6-5-11-17(18)23(33(24)2)30-21-15-9-3-4-10-16(15)22(29-21)31-25/h3-14H,1-2H3. The summed E-state index contributed by atoms with van der Waals surface area (Å²) in [6.07, 6.45) is -0.371. The van der Waals surface area contributed by atoms with Crippen LogP contribution in [0, 0.1) is 0 Å². The van der Waals surface area contributed by atoms with Crippen molar-refractivity contribution in [3.63, 3.8) is 0 Å². The predicted molar refractivity (Wildman–Crippen MR) is 140 cm³/mol. The van der Waals surface area contributed by atoms with Gasteiger partial charge in [-0.05, 0) is 6.82 Å². The molecule has 0 radical (unpaired) electrons.